The summed E-state index contributed by atoms with van der Waals surface area (Å²) in [6, 6.07) is 16.9. The number of rotatable bonds is 3. The SMILES string of the molecule is c1ccc2sc(-c3cc(Nc4ncnc5[nH]ccc45)cc4cn[nH]c34)cc2c1. The van der Waals surface area contributed by atoms with Gasteiger partial charge in [-0.1, -0.05) is 18.2 Å². The topological polar surface area (TPSA) is 82.3 Å². The predicted molar refractivity (Wildman–Crippen MR) is 114 cm³/mol. The van der Waals surface area contributed by atoms with E-state index in [1.165, 1.54) is 15.0 Å². The summed E-state index contributed by atoms with van der Waals surface area (Å²) in [5, 5.41) is 14.1. The van der Waals surface area contributed by atoms with Gasteiger partial charge in [-0.25, -0.2) is 9.97 Å². The zero-order chi connectivity index (χ0) is 18.5. The molecule has 28 heavy (non-hydrogen) atoms. The minimum Gasteiger partial charge on any atom is -0.346 e. The predicted octanol–water partition coefficient (Wildman–Crippen LogP) is 5.46. The van der Waals surface area contributed by atoms with Crippen molar-refractivity contribution in [2.24, 2.45) is 0 Å². The second kappa shape index (κ2) is 5.90. The Balaban J connectivity index is 1.52. The first-order chi connectivity index (χ1) is 13.8. The molecule has 0 bridgehead atoms. The fourth-order valence-corrected chi connectivity index (χ4v) is 4.63. The van der Waals surface area contributed by atoms with Crippen molar-refractivity contribution in [1.82, 2.24) is 25.1 Å². The third kappa shape index (κ3) is 2.37. The van der Waals surface area contributed by atoms with Gasteiger partial charge in [0.05, 0.1) is 17.1 Å². The lowest BCUT2D eigenvalue weighted by atomic mass is 10.1. The summed E-state index contributed by atoms with van der Waals surface area (Å²) < 4.78 is 1.27. The van der Waals surface area contributed by atoms with Gasteiger partial charge >= 0.3 is 0 Å². The monoisotopic (exact) mass is 382 g/mol. The van der Waals surface area contributed by atoms with E-state index in [0.29, 0.717) is 0 Å². The molecule has 0 aliphatic carbocycles. The molecule has 0 amide bonds. The maximum absolute atomic E-state index is 4.42. The zero-order valence-electron chi connectivity index (χ0n) is 14.6. The fourth-order valence-electron chi connectivity index (χ4n) is 3.55. The van der Waals surface area contributed by atoms with Crippen LogP contribution in [0, 0.1) is 0 Å². The van der Waals surface area contributed by atoms with Gasteiger partial charge in [0.25, 0.3) is 0 Å². The van der Waals surface area contributed by atoms with Gasteiger partial charge in [0.15, 0.2) is 0 Å². The van der Waals surface area contributed by atoms with Crippen molar-refractivity contribution in [1.29, 1.82) is 0 Å². The molecule has 2 aromatic carbocycles. The van der Waals surface area contributed by atoms with Crippen LogP contribution in [0.1, 0.15) is 0 Å². The molecule has 0 spiro atoms. The molecule has 7 heteroatoms. The lowest BCUT2D eigenvalue weighted by Gasteiger charge is -2.09. The molecule has 3 N–H and O–H groups in total. The molecule has 0 unspecified atom stereocenters. The third-order valence-corrected chi connectivity index (χ3v) is 6.01. The molecular formula is C21H14N6S. The molecule has 0 saturated carbocycles. The highest BCUT2D eigenvalue weighted by Crippen LogP contribution is 2.38. The van der Waals surface area contributed by atoms with E-state index in [1.807, 2.05) is 18.5 Å². The second-order valence-electron chi connectivity index (χ2n) is 6.59. The maximum Gasteiger partial charge on any atom is 0.143 e. The summed E-state index contributed by atoms with van der Waals surface area (Å²) >= 11 is 1.78. The molecule has 0 radical (unpaired) electrons. The van der Waals surface area contributed by atoms with Crippen molar-refractivity contribution in [2.75, 3.05) is 5.32 Å². The number of H-pyrrole nitrogens is 2. The van der Waals surface area contributed by atoms with Crippen LogP contribution in [0.25, 0.3) is 42.5 Å². The van der Waals surface area contributed by atoms with Gasteiger partial charge < -0.3 is 10.3 Å². The van der Waals surface area contributed by atoms with Crippen LogP contribution in [-0.4, -0.2) is 25.1 Å². The number of benzene rings is 2. The summed E-state index contributed by atoms with van der Waals surface area (Å²) in [6.07, 6.45) is 5.28. The number of nitrogens with zero attached hydrogens (tertiary/aromatic N) is 3. The third-order valence-electron chi connectivity index (χ3n) is 4.86. The lowest BCUT2D eigenvalue weighted by molar-refractivity contribution is 1.12. The fraction of sp³-hybridized carbons (Fsp3) is 0. The number of anilines is 2. The Morgan fingerprint density at radius 2 is 1.93 bits per heavy atom. The van der Waals surface area contributed by atoms with Crippen LogP contribution in [-0.2, 0) is 0 Å². The summed E-state index contributed by atoms with van der Waals surface area (Å²) in [7, 11) is 0. The molecule has 0 fully saturated rings. The zero-order valence-corrected chi connectivity index (χ0v) is 15.4. The Labute approximate surface area is 163 Å². The highest BCUT2D eigenvalue weighted by molar-refractivity contribution is 7.22. The molecule has 4 heterocycles. The Hall–Kier alpha value is -3.71. The Morgan fingerprint density at radius 3 is 2.89 bits per heavy atom. The molecule has 0 aliphatic rings. The smallest absolute Gasteiger partial charge is 0.143 e. The van der Waals surface area contributed by atoms with Crippen molar-refractivity contribution >= 4 is 54.9 Å². The van der Waals surface area contributed by atoms with E-state index in [9.17, 15) is 0 Å². The van der Waals surface area contributed by atoms with Gasteiger partial charge in [-0.2, -0.15) is 5.10 Å². The molecule has 0 atom stereocenters. The first-order valence-corrected chi connectivity index (χ1v) is 9.68. The van der Waals surface area contributed by atoms with Crippen LogP contribution >= 0.6 is 11.3 Å². The molecule has 134 valence electrons. The molecule has 6 aromatic rings. The van der Waals surface area contributed by atoms with Crippen LogP contribution < -0.4 is 5.32 Å². The van der Waals surface area contributed by atoms with Crippen molar-refractivity contribution in [3.63, 3.8) is 0 Å². The molecule has 0 aliphatic heterocycles. The largest absolute Gasteiger partial charge is 0.346 e. The number of hydrogen-bond donors (Lipinski definition) is 3. The average molecular weight is 382 g/mol. The van der Waals surface area contributed by atoms with Gasteiger partial charge in [0.2, 0.25) is 0 Å². The Morgan fingerprint density at radius 1 is 0.964 bits per heavy atom. The Kier molecular flexibility index (Phi) is 3.24. The first kappa shape index (κ1) is 15.4. The van der Waals surface area contributed by atoms with Gasteiger partial charge in [0.1, 0.15) is 17.8 Å². The molecule has 6 nitrogen and oxygen atoms in total. The molecule has 0 saturated heterocycles. The standard InChI is InChI=1S/C21H14N6S/c1-2-4-17-12(3-1)8-18(28-17)16-9-14(7-13-10-25-27-19(13)16)26-21-15-5-6-22-20(15)23-11-24-21/h1-11H,(H,25,27)(H2,22,23,24,26). The van der Waals surface area contributed by atoms with Crippen molar-refractivity contribution < 1.29 is 0 Å². The van der Waals surface area contributed by atoms with Crippen molar-refractivity contribution in [3.8, 4) is 10.4 Å². The van der Waals surface area contributed by atoms with E-state index in [1.54, 1.807) is 17.7 Å². The van der Waals surface area contributed by atoms with E-state index in [2.05, 4.69) is 72.9 Å². The number of fused-ring (bicyclic) bond motifs is 3. The molecular weight excluding hydrogens is 368 g/mol. The summed E-state index contributed by atoms with van der Waals surface area (Å²) in [5.74, 6) is 0.774. The molecule has 4 aromatic heterocycles. The van der Waals surface area contributed by atoms with Gasteiger partial charge in [-0.15, -0.1) is 11.3 Å². The summed E-state index contributed by atoms with van der Waals surface area (Å²) in [6.45, 7) is 0. The number of aromatic nitrogens is 5. The van der Waals surface area contributed by atoms with Crippen LogP contribution in [0.2, 0.25) is 0 Å². The van der Waals surface area contributed by atoms with Crippen molar-refractivity contribution in [2.45, 2.75) is 0 Å². The van der Waals surface area contributed by atoms with E-state index in [-0.39, 0.29) is 0 Å². The number of hydrogen-bond acceptors (Lipinski definition) is 5. The van der Waals surface area contributed by atoms with Gasteiger partial charge in [-0.05, 0) is 35.7 Å². The minimum absolute atomic E-state index is 0.774. The van der Waals surface area contributed by atoms with Gasteiger partial charge in [-0.3, -0.25) is 5.10 Å². The minimum atomic E-state index is 0.774. The summed E-state index contributed by atoms with van der Waals surface area (Å²) in [4.78, 5) is 13.0. The quantitative estimate of drug-likeness (QED) is 0.380. The van der Waals surface area contributed by atoms with E-state index < -0.39 is 0 Å². The average Bonchev–Trinajstić information content (AvgIpc) is 3.45. The Bertz CT molecular complexity index is 1420. The van der Waals surface area contributed by atoms with Crippen LogP contribution in [0.15, 0.2) is 67.3 Å². The van der Waals surface area contributed by atoms with E-state index >= 15 is 0 Å². The van der Waals surface area contributed by atoms with Crippen LogP contribution in [0.4, 0.5) is 11.5 Å². The molecule has 6 rings (SSSR count). The number of aromatic amines is 2. The maximum atomic E-state index is 4.42. The lowest BCUT2D eigenvalue weighted by Crippen LogP contribution is -1.95. The summed E-state index contributed by atoms with van der Waals surface area (Å²) in [5.41, 5.74) is 3.93. The number of thiophene rings is 1. The normalized spacial score (nSPS) is 11.6. The second-order valence-corrected chi connectivity index (χ2v) is 7.68. The highest BCUT2D eigenvalue weighted by Gasteiger charge is 2.13. The van der Waals surface area contributed by atoms with E-state index in [0.717, 1.165) is 39.0 Å². The number of nitrogens with one attached hydrogen (secondary N) is 3. The first-order valence-electron chi connectivity index (χ1n) is 8.86. The van der Waals surface area contributed by atoms with Gasteiger partial charge in [0, 0.05) is 32.4 Å². The highest BCUT2D eigenvalue weighted by atomic mass is 32.1. The van der Waals surface area contributed by atoms with Crippen molar-refractivity contribution in [3.05, 3.63) is 67.3 Å². The van der Waals surface area contributed by atoms with Crippen LogP contribution in [0.3, 0.4) is 0 Å². The van der Waals surface area contributed by atoms with Crippen LogP contribution in [0.5, 0.6) is 0 Å². The van der Waals surface area contributed by atoms with E-state index in [4.69, 9.17) is 0 Å².